The lowest BCUT2D eigenvalue weighted by Crippen LogP contribution is -2.57. The third-order valence-electron chi connectivity index (χ3n) is 9.73. The van der Waals surface area contributed by atoms with Gasteiger partial charge in [-0.1, -0.05) is 49.8 Å². The predicted octanol–water partition coefficient (Wildman–Crippen LogP) is 5.20. The average Bonchev–Trinajstić information content (AvgIpc) is 3.19. The minimum Gasteiger partial charge on any atom is -0.386 e. The molecule has 0 radical (unpaired) electrons. The summed E-state index contributed by atoms with van der Waals surface area (Å²) in [5.41, 5.74) is 1.11. The highest BCUT2D eigenvalue weighted by Crippen LogP contribution is 2.48. The number of aliphatic hydroxyl groups excluding tert-OH is 1. The van der Waals surface area contributed by atoms with Gasteiger partial charge >= 0.3 is 0 Å². The van der Waals surface area contributed by atoms with Crippen LogP contribution in [0.25, 0.3) is 0 Å². The Morgan fingerprint density at radius 1 is 1.11 bits per heavy atom. The first-order valence-electron chi connectivity index (χ1n) is 14.6. The van der Waals surface area contributed by atoms with E-state index in [4.69, 9.17) is 14.2 Å². The number of ether oxygens (including phenoxy) is 3. The number of Topliss-reactive ketones (excluding diaryl/α,β-unsaturated/α-hetero) is 1. The van der Waals surface area contributed by atoms with E-state index in [-0.39, 0.29) is 30.5 Å². The number of aliphatic hydroxyl groups is 2. The standard InChI is InChI=1S/C32H46O6/c1-19-7-6-8-25-18-36-30-29(34)22(4)14-27(32(25,30)35)28(33)16-24-15-26(10-9-20(2)13-19)38-31(17-24)12-11-21(3)23(5)37-31/h6-9,14,19,21,23-24,26-27,29-30,34-35H,10-13,15-18H2,1-5H3/b7-6+,20-9+,25-8+/t19-,21-,23+,24+,26+,27-,29+,30+,31-,32+/m0/s1. The molecular formula is C32H46O6. The lowest BCUT2D eigenvalue weighted by atomic mass is 9.67. The van der Waals surface area contributed by atoms with Crippen LogP contribution in [0.4, 0.5) is 0 Å². The Hall–Kier alpha value is -1.57. The summed E-state index contributed by atoms with van der Waals surface area (Å²) < 4.78 is 19.2. The van der Waals surface area contributed by atoms with E-state index in [0.717, 1.165) is 32.1 Å². The molecule has 0 aromatic heterocycles. The van der Waals surface area contributed by atoms with Crippen LogP contribution in [0.3, 0.4) is 0 Å². The van der Waals surface area contributed by atoms with Crippen LogP contribution in [0.15, 0.2) is 47.1 Å². The maximum atomic E-state index is 14.0. The van der Waals surface area contributed by atoms with E-state index < -0.39 is 29.5 Å². The second-order valence-corrected chi connectivity index (χ2v) is 12.9. The van der Waals surface area contributed by atoms with Gasteiger partial charge in [0.25, 0.3) is 0 Å². The Balaban J connectivity index is 1.51. The molecule has 2 N–H and O–H groups in total. The highest BCUT2D eigenvalue weighted by Gasteiger charge is 2.59. The normalized spacial score (nSPS) is 49.9. The first-order valence-corrected chi connectivity index (χ1v) is 14.6. The zero-order valence-corrected chi connectivity index (χ0v) is 23.7. The molecule has 0 aromatic carbocycles. The fourth-order valence-electron chi connectivity index (χ4n) is 7.35. The van der Waals surface area contributed by atoms with Crippen LogP contribution >= 0.6 is 0 Å². The van der Waals surface area contributed by atoms with Gasteiger partial charge in [-0.2, -0.15) is 0 Å². The maximum absolute atomic E-state index is 14.0. The summed E-state index contributed by atoms with van der Waals surface area (Å²) in [5.74, 6) is -0.524. The predicted molar refractivity (Wildman–Crippen MR) is 146 cm³/mol. The zero-order valence-electron chi connectivity index (χ0n) is 23.7. The summed E-state index contributed by atoms with van der Waals surface area (Å²) in [4.78, 5) is 14.0. The van der Waals surface area contributed by atoms with E-state index in [1.54, 1.807) is 6.08 Å². The molecule has 0 unspecified atom stereocenters. The average molecular weight is 527 g/mol. The molecule has 0 saturated carbocycles. The van der Waals surface area contributed by atoms with Gasteiger partial charge < -0.3 is 24.4 Å². The van der Waals surface area contributed by atoms with Gasteiger partial charge in [0.05, 0.1) is 24.7 Å². The Kier molecular flexibility index (Phi) is 7.93. The van der Waals surface area contributed by atoms with Crippen molar-refractivity contribution >= 4 is 5.78 Å². The van der Waals surface area contributed by atoms with Gasteiger partial charge in [0.1, 0.15) is 23.6 Å². The summed E-state index contributed by atoms with van der Waals surface area (Å²) in [7, 11) is 0. The van der Waals surface area contributed by atoms with Crippen molar-refractivity contribution in [1.82, 2.24) is 0 Å². The van der Waals surface area contributed by atoms with Crippen LogP contribution < -0.4 is 0 Å². The largest absolute Gasteiger partial charge is 0.386 e. The van der Waals surface area contributed by atoms with Gasteiger partial charge in [0, 0.05) is 19.3 Å². The van der Waals surface area contributed by atoms with Gasteiger partial charge in [-0.3, -0.25) is 4.79 Å². The van der Waals surface area contributed by atoms with Gasteiger partial charge in [-0.15, -0.1) is 0 Å². The second-order valence-electron chi connectivity index (χ2n) is 12.9. The smallest absolute Gasteiger partial charge is 0.169 e. The third-order valence-corrected chi connectivity index (χ3v) is 9.73. The molecule has 5 aliphatic rings. The monoisotopic (exact) mass is 526 g/mol. The molecule has 1 spiro atoms. The van der Waals surface area contributed by atoms with E-state index in [1.165, 1.54) is 5.57 Å². The first kappa shape index (κ1) is 28.0. The van der Waals surface area contributed by atoms with Crippen molar-refractivity contribution in [3.63, 3.8) is 0 Å². The van der Waals surface area contributed by atoms with Crippen LogP contribution in [0.2, 0.25) is 0 Å². The molecule has 6 heteroatoms. The van der Waals surface area contributed by atoms with Crippen LogP contribution in [0.5, 0.6) is 0 Å². The number of hydrogen-bond donors (Lipinski definition) is 2. The maximum Gasteiger partial charge on any atom is 0.169 e. The van der Waals surface area contributed by atoms with Gasteiger partial charge in [0.2, 0.25) is 0 Å². The van der Waals surface area contributed by atoms with E-state index in [0.29, 0.717) is 35.8 Å². The molecule has 210 valence electrons. The van der Waals surface area contributed by atoms with Crippen molar-refractivity contribution in [3.8, 4) is 0 Å². The number of carbonyl (C=O) groups is 1. The minimum atomic E-state index is -1.55. The number of carbonyl (C=O) groups excluding carboxylic acids is 1. The Morgan fingerprint density at radius 2 is 1.89 bits per heavy atom. The zero-order chi connectivity index (χ0) is 27.2. The lowest BCUT2D eigenvalue weighted by molar-refractivity contribution is -0.327. The molecule has 0 aromatic rings. The van der Waals surface area contributed by atoms with Gasteiger partial charge in [-0.25, -0.2) is 0 Å². The molecule has 38 heavy (non-hydrogen) atoms. The van der Waals surface area contributed by atoms with E-state index >= 15 is 0 Å². The molecule has 3 aliphatic heterocycles. The molecule has 6 nitrogen and oxygen atoms in total. The molecule has 5 rings (SSSR count). The molecule has 3 fully saturated rings. The highest BCUT2D eigenvalue weighted by atomic mass is 16.7. The molecule has 10 atom stereocenters. The SMILES string of the molecule is CC1=C[C@H]2C(=O)C[C@H]3C[C@@H](C/C=C(\C)C[C@@H](C)/C=C/C=C4\CO[C@H]([C@@H]1O)[C@@]42O)O[C@@]1(CC[C@H](C)[C@@H](C)O1)C3. The quantitative estimate of drug-likeness (QED) is 0.422. The number of ketones is 1. The van der Waals surface area contributed by atoms with Crippen molar-refractivity contribution in [2.45, 2.75) is 115 Å². The molecule has 3 heterocycles. The van der Waals surface area contributed by atoms with Crippen LogP contribution in [0.1, 0.15) is 79.6 Å². The lowest BCUT2D eigenvalue weighted by Gasteiger charge is -2.49. The number of fused-ring (bicyclic) bond motifs is 2. The molecule has 2 bridgehead atoms. The molecule has 3 saturated heterocycles. The van der Waals surface area contributed by atoms with Gasteiger partial charge in [-0.05, 0) is 75.4 Å². The highest BCUT2D eigenvalue weighted by molar-refractivity contribution is 5.86. The fourth-order valence-corrected chi connectivity index (χ4v) is 7.35. The number of allylic oxidation sites excluding steroid dienone is 4. The van der Waals surface area contributed by atoms with Crippen LogP contribution in [-0.4, -0.2) is 58.4 Å². The van der Waals surface area contributed by atoms with E-state index in [1.807, 2.05) is 19.1 Å². The topological polar surface area (TPSA) is 85.2 Å². The van der Waals surface area contributed by atoms with Crippen LogP contribution in [0, 0.1) is 23.7 Å². The van der Waals surface area contributed by atoms with Crippen molar-refractivity contribution in [1.29, 1.82) is 0 Å². The number of hydrogen-bond acceptors (Lipinski definition) is 6. The third kappa shape index (κ3) is 5.27. The summed E-state index contributed by atoms with van der Waals surface area (Å²) in [6, 6.07) is 0. The van der Waals surface area contributed by atoms with Crippen molar-refractivity contribution < 1.29 is 29.2 Å². The minimum absolute atomic E-state index is 0.00524. The van der Waals surface area contributed by atoms with Crippen molar-refractivity contribution in [3.05, 3.63) is 47.1 Å². The Bertz CT molecular complexity index is 1040. The summed E-state index contributed by atoms with van der Waals surface area (Å²) in [6.45, 7) is 10.7. The summed E-state index contributed by atoms with van der Waals surface area (Å²) in [6.07, 6.45) is 13.8. The fraction of sp³-hybridized carbons (Fsp3) is 0.719. The Morgan fingerprint density at radius 3 is 2.66 bits per heavy atom. The van der Waals surface area contributed by atoms with E-state index in [9.17, 15) is 15.0 Å². The number of rotatable bonds is 0. The summed E-state index contributed by atoms with van der Waals surface area (Å²) >= 11 is 0. The first-order chi connectivity index (χ1) is 18.0. The van der Waals surface area contributed by atoms with E-state index in [2.05, 4.69) is 39.8 Å². The molecule has 2 aliphatic carbocycles. The van der Waals surface area contributed by atoms with Gasteiger partial charge in [0.15, 0.2) is 5.79 Å². The molecule has 0 amide bonds. The molecular weight excluding hydrogens is 480 g/mol. The van der Waals surface area contributed by atoms with Crippen molar-refractivity contribution in [2.75, 3.05) is 6.61 Å². The van der Waals surface area contributed by atoms with Crippen molar-refractivity contribution in [2.24, 2.45) is 23.7 Å². The van der Waals surface area contributed by atoms with Crippen LogP contribution in [-0.2, 0) is 19.0 Å². The second kappa shape index (κ2) is 10.8. The Labute approximate surface area is 227 Å². The summed E-state index contributed by atoms with van der Waals surface area (Å²) in [5, 5.41) is 23.0.